The topological polar surface area (TPSA) is 72.9 Å². The summed E-state index contributed by atoms with van der Waals surface area (Å²) >= 11 is 0. The van der Waals surface area contributed by atoms with Gasteiger partial charge in [-0.15, -0.1) is 0 Å². The fourth-order valence-electron chi connectivity index (χ4n) is 2.87. The van der Waals surface area contributed by atoms with Gasteiger partial charge in [0.2, 0.25) is 5.91 Å². The highest BCUT2D eigenvalue weighted by Crippen LogP contribution is 2.31. The van der Waals surface area contributed by atoms with Crippen LogP contribution in [0, 0.1) is 5.92 Å². The van der Waals surface area contributed by atoms with Crippen LogP contribution in [0.4, 0.5) is 0 Å². The summed E-state index contributed by atoms with van der Waals surface area (Å²) in [6, 6.07) is 7.50. The maximum Gasteiger partial charge on any atom is 0.264 e. The normalized spacial score (nSPS) is 21.3. The molecule has 0 aromatic heterocycles. The first-order valence-corrected chi connectivity index (χ1v) is 9.34. The van der Waals surface area contributed by atoms with Gasteiger partial charge in [0, 0.05) is 18.9 Å². The minimum atomic E-state index is -3.52. The molecule has 7 heteroatoms. The first-order chi connectivity index (χ1) is 10.7. The zero-order valence-corrected chi connectivity index (χ0v) is 14.7. The van der Waals surface area contributed by atoms with Gasteiger partial charge in [0.1, 0.15) is 5.75 Å². The van der Waals surface area contributed by atoms with Crippen molar-refractivity contribution in [3.63, 3.8) is 0 Å². The Hall–Kier alpha value is -1.60. The van der Waals surface area contributed by atoms with Crippen molar-refractivity contribution in [2.75, 3.05) is 19.9 Å². The fourth-order valence-corrected chi connectivity index (χ4v) is 3.57. The lowest BCUT2D eigenvalue weighted by molar-refractivity contribution is -0.129. The van der Waals surface area contributed by atoms with E-state index in [9.17, 15) is 13.2 Å². The predicted octanol–water partition coefficient (Wildman–Crippen LogP) is 1.97. The third kappa shape index (κ3) is 4.45. The molecule has 6 nitrogen and oxygen atoms in total. The van der Waals surface area contributed by atoms with Crippen molar-refractivity contribution < 1.29 is 22.1 Å². The van der Waals surface area contributed by atoms with Gasteiger partial charge in [-0.3, -0.25) is 8.98 Å². The van der Waals surface area contributed by atoms with E-state index in [1.807, 2.05) is 31.2 Å². The summed E-state index contributed by atoms with van der Waals surface area (Å²) in [6.45, 7) is 4.15. The molecule has 0 saturated carbocycles. The molecule has 2 unspecified atom stereocenters. The lowest BCUT2D eigenvalue weighted by Crippen LogP contribution is -2.30. The molecule has 1 aliphatic rings. The van der Waals surface area contributed by atoms with E-state index in [0.717, 1.165) is 17.6 Å². The third-order valence-electron chi connectivity index (χ3n) is 4.24. The lowest BCUT2D eigenvalue weighted by atomic mass is 10.0. The number of benzene rings is 1. The van der Waals surface area contributed by atoms with E-state index in [0.29, 0.717) is 13.0 Å². The molecule has 1 aromatic carbocycles. The number of carbonyl (C=O) groups is 1. The second-order valence-electron chi connectivity index (χ2n) is 5.96. The Morgan fingerprint density at radius 3 is 2.35 bits per heavy atom. The number of ether oxygens (including phenoxy) is 1. The average molecular weight is 341 g/mol. The molecule has 1 aliphatic heterocycles. The molecule has 0 aliphatic carbocycles. The molecule has 1 fully saturated rings. The average Bonchev–Trinajstić information content (AvgIpc) is 2.87. The molecule has 0 bridgehead atoms. The summed E-state index contributed by atoms with van der Waals surface area (Å²) < 4.78 is 32.6. The lowest BCUT2D eigenvalue weighted by Gasteiger charge is -2.26. The fraction of sp³-hybridized carbons (Fsp3) is 0.562. The van der Waals surface area contributed by atoms with Gasteiger partial charge in [0.25, 0.3) is 10.1 Å². The van der Waals surface area contributed by atoms with Crippen molar-refractivity contribution >= 4 is 16.0 Å². The van der Waals surface area contributed by atoms with Gasteiger partial charge < -0.3 is 9.64 Å². The van der Waals surface area contributed by atoms with E-state index in [1.165, 1.54) is 0 Å². The molecular weight excluding hydrogens is 318 g/mol. The van der Waals surface area contributed by atoms with Gasteiger partial charge in [0.15, 0.2) is 0 Å². The molecule has 0 radical (unpaired) electrons. The third-order valence-corrected chi connectivity index (χ3v) is 4.90. The molecule has 1 amide bonds. The Bertz CT molecular complexity index is 656. The quantitative estimate of drug-likeness (QED) is 0.740. The van der Waals surface area contributed by atoms with Crippen LogP contribution in [0.2, 0.25) is 0 Å². The Balaban J connectivity index is 2.06. The van der Waals surface area contributed by atoms with E-state index >= 15 is 0 Å². The summed E-state index contributed by atoms with van der Waals surface area (Å²) in [5.41, 5.74) is 1.01. The van der Waals surface area contributed by atoms with E-state index in [-0.39, 0.29) is 17.9 Å². The van der Waals surface area contributed by atoms with E-state index in [1.54, 1.807) is 18.9 Å². The zero-order valence-electron chi connectivity index (χ0n) is 13.9. The highest BCUT2D eigenvalue weighted by atomic mass is 32.2. The minimum absolute atomic E-state index is 0.0160. The van der Waals surface area contributed by atoms with Crippen LogP contribution in [0.5, 0.6) is 5.75 Å². The molecule has 23 heavy (non-hydrogen) atoms. The Morgan fingerprint density at radius 1 is 1.22 bits per heavy atom. The summed E-state index contributed by atoms with van der Waals surface area (Å²) in [5.74, 6) is 0.655. The van der Waals surface area contributed by atoms with E-state index < -0.39 is 16.2 Å². The number of hydrogen-bond donors (Lipinski definition) is 0. The summed E-state index contributed by atoms with van der Waals surface area (Å²) in [7, 11) is -1.91. The smallest absolute Gasteiger partial charge is 0.264 e. The standard InChI is InChI=1S/C16H23NO5S/c1-11(13-5-7-15(21-3)8-6-13)17-10-14(9-16(17)18)12(2)22-23(4,19)20/h5-8,11-12,14H,9-10H2,1-4H3/t11?,12-,14?/m0/s1. The number of carbonyl (C=O) groups excluding carboxylic acids is 1. The van der Waals surface area contributed by atoms with E-state index in [4.69, 9.17) is 8.92 Å². The van der Waals surface area contributed by atoms with Gasteiger partial charge in [-0.05, 0) is 31.5 Å². The largest absolute Gasteiger partial charge is 0.497 e. The number of hydrogen-bond acceptors (Lipinski definition) is 5. The van der Waals surface area contributed by atoms with Crippen molar-refractivity contribution in [3.05, 3.63) is 29.8 Å². The van der Waals surface area contributed by atoms with E-state index in [2.05, 4.69) is 0 Å². The number of nitrogens with zero attached hydrogens (tertiary/aromatic N) is 1. The molecular formula is C16H23NO5S. The van der Waals surface area contributed by atoms with Crippen LogP contribution < -0.4 is 4.74 Å². The van der Waals surface area contributed by atoms with Gasteiger partial charge in [-0.1, -0.05) is 12.1 Å². The van der Waals surface area contributed by atoms with Crippen molar-refractivity contribution in [3.8, 4) is 5.75 Å². The van der Waals surface area contributed by atoms with Crippen LogP contribution in [0.3, 0.4) is 0 Å². The summed E-state index contributed by atoms with van der Waals surface area (Å²) in [5, 5.41) is 0. The second kappa shape index (κ2) is 6.88. The van der Waals surface area contributed by atoms with Crippen molar-refractivity contribution in [2.24, 2.45) is 5.92 Å². The van der Waals surface area contributed by atoms with Crippen molar-refractivity contribution in [1.29, 1.82) is 0 Å². The summed E-state index contributed by atoms with van der Waals surface area (Å²) in [6.07, 6.45) is 0.817. The van der Waals surface area contributed by atoms with Gasteiger partial charge in [-0.25, -0.2) is 0 Å². The number of methoxy groups -OCH3 is 1. The Morgan fingerprint density at radius 2 is 1.83 bits per heavy atom. The predicted molar refractivity (Wildman–Crippen MR) is 86.6 cm³/mol. The molecule has 1 saturated heterocycles. The van der Waals surface area contributed by atoms with Gasteiger partial charge in [0.05, 0.1) is 25.5 Å². The molecule has 2 rings (SSSR count). The van der Waals surface area contributed by atoms with Crippen LogP contribution >= 0.6 is 0 Å². The van der Waals surface area contributed by atoms with Crippen LogP contribution in [-0.2, 0) is 19.1 Å². The minimum Gasteiger partial charge on any atom is -0.497 e. The molecule has 1 aromatic rings. The van der Waals surface area contributed by atoms with Crippen LogP contribution in [0.25, 0.3) is 0 Å². The SMILES string of the molecule is COc1ccc(C(C)N2CC([C@H](C)OS(C)(=O)=O)CC2=O)cc1. The Labute approximate surface area is 137 Å². The maximum atomic E-state index is 12.3. The molecule has 3 atom stereocenters. The van der Waals surface area contributed by atoms with Crippen LogP contribution in [0.15, 0.2) is 24.3 Å². The monoisotopic (exact) mass is 341 g/mol. The van der Waals surface area contributed by atoms with Crippen molar-refractivity contribution in [1.82, 2.24) is 4.90 Å². The first-order valence-electron chi connectivity index (χ1n) is 7.53. The highest BCUT2D eigenvalue weighted by molar-refractivity contribution is 7.86. The molecule has 128 valence electrons. The van der Waals surface area contributed by atoms with Crippen LogP contribution in [-0.4, -0.2) is 45.2 Å². The second-order valence-corrected chi connectivity index (χ2v) is 7.57. The van der Waals surface area contributed by atoms with Crippen LogP contribution in [0.1, 0.15) is 31.9 Å². The maximum absolute atomic E-state index is 12.3. The molecule has 1 heterocycles. The van der Waals surface area contributed by atoms with Crippen molar-refractivity contribution in [2.45, 2.75) is 32.4 Å². The van der Waals surface area contributed by atoms with Gasteiger partial charge >= 0.3 is 0 Å². The number of amides is 1. The molecule has 0 spiro atoms. The number of rotatable bonds is 6. The number of likely N-dealkylation sites (tertiary alicyclic amines) is 1. The Kier molecular flexibility index (Phi) is 5.31. The molecule has 0 N–H and O–H groups in total. The highest BCUT2D eigenvalue weighted by Gasteiger charge is 2.37. The van der Waals surface area contributed by atoms with Gasteiger partial charge in [-0.2, -0.15) is 8.42 Å². The summed E-state index contributed by atoms with van der Waals surface area (Å²) in [4.78, 5) is 14.1. The zero-order chi connectivity index (χ0) is 17.2. The first kappa shape index (κ1) is 17.7.